The molecule has 0 spiro atoms. The Kier molecular flexibility index (Phi) is 5.47. The third kappa shape index (κ3) is 3.33. The molecule has 0 aliphatic carbocycles. The van der Waals surface area contributed by atoms with Crippen molar-refractivity contribution in [2.75, 3.05) is 20.3 Å². The summed E-state index contributed by atoms with van der Waals surface area (Å²) >= 11 is 0. The molecule has 0 saturated carbocycles. The van der Waals surface area contributed by atoms with Gasteiger partial charge in [0.1, 0.15) is 0 Å². The van der Waals surface area contributed by atoms with E-state index in [4.69, 9.17) is 9.47 Å². The van der Waals surface area contributed by atoms with Crippen molar-refractivity contribution in [1.29, 1.82) is 0 Å². The van der Waals surface area contributed by atoms with Gasteiger partial charge in [0, 0.05) is 24.8 Å². The maximum absolute atomic E-state index is 5.70. The number of hydrogen-bond donors (Lipinski definition) is 1. The van der Waals surface area contributed by atoms with Crippen LogP contribution in [0.2, 0.25) is 0 Å². The maximum Gasteiger partial charge on any atom is 0.176 e. The first-order chi connectivity index (χ1) is 9.80. The van der Waals surface area contributed by atoms with E-state index in [1.165, 1.54) is 0 Å². The summed E-state index contributed by atoms with van der Waals surface area (Å²) in [6, 6.07) is 10.2. The number of ether oxygens (including phenoxy) is 2. The first-order valence-electron chi connectivity index (χ1n) is 7.05. The van der Waals surface area contributed by atoms with Crippen LogP contribution >= 0.6 is 0 Å². The molecular formula is C16H22N2O2. The van der Waals surface area contributed by atoms with Crippen LogP contribution in [0.5, 0.6) is 0 Å². The van der Waals surface area contributed by atoms with E-state index in [2.05, 4.69) is 34.6 Å². The van der Waals surface area contributed by atoms with Crippen LogP contribution in [0.3, 0.4) is 0 Å². The van der Waals surface area contributed by atoms with E-state index in [-0.39, 0.29) is 12.3 Å². The molecule has 20 heavy (non-hydrogen) atoms. The van der Waals surface area contributed by atoms with Crippen molar-refractivity contribution >= 4 is 10.9 Å². The van der Waals surface area contributed by atoms with Crippen LogP contribution in [-0.2, 0) is 9.47 Å². The molecule has 108 valence electrons. The highest BCUT2D eigenvalue weighted by molar-refractivity contribution is 5.79. The predicted molar refractivity (Wildman–Crippen MR) is 80.6 cm³/mol. The van der Waals surface area contributed by atoms with Gasteiger partial charge in [-0.05, 0) is 38.6 Å². The third-order valence-electron chi connectivity index (χ3n) is 3.23. The van der Waals surface area contributed by atoms with Gasteiger partial charge < -0.3 is 14.8 Å². The minimum atomic E-state index is -0.295. The first kappa shape index (κ1) is 14.9. The molecule has 0 radical (unpaired) electrons. The molecule has 0 aliphatic rings. The Morgan fingerprint density at radius 2 is 1.90 bits per heavy atom. The number of pyridine rings is 1. The lowest BCUT2D eigenvalue weighted by Crippen LogP contribution is -2.34. The third-order valence-corrected chi connectivity index (χ3v) is 3.23. The van der Waals surface area contributed by atoms with Crippen molar-refractivity contribution in [2.24, 2.45) is 0 Å². The molecule has 1 aromatic heterocycles. The second-order valence-electron chi connectivity index (χ2n) is 4.50. The quantitative estimate of drug-likeness (QED) is 0.788. The predicted octanol–water partition coefficient (Wildman–Crippen LogP) is 2.89. The van der Waals surface area contributed by atoms with Crippen LogP contribution in [0.15, 0.2) is 36.5 Å². The summed E-state index contributed by atoms with van der Waals surface area (Å²) in [6.45, 7) is 5.19. The minimum absolute atomic E-state index is 0.0127. The fourth-order valence-corrected chi connectivity index (χ4v) is 2.31. The second kappa shape index (κ2) is 7.33. The SMILES string of the molecule is CCOC(OCC)C(NC)c1ccc2cccnc2c1. The van der Waals surface area contributed by atoms with E-state index < -0.39 is 0 Å². The number of aromatic nitrogens is 1. The molecule has 0 aliphatic heterocycles. The normalized spacial score (nSPS) is 13.0. The van der Waals surface area contributed by atoms with Gasteiger partial charge in [0.25, 0.3) is 0 Å². The van der Waals surface area contributed by atoms with E-state index >= 15 is 0 Å². The molecule has 1 N–H and O–H groups in total. The van der Waals surface area contributed by atoms with Gasteiger partial charge in [0.05, 0.1) is 11.6 Å². The van der Waals surface area contributed by atoms with Gasteiger partial charge in [-0.15, -0.1) is 0 Å². The van der Waals surface area contributed by atoms with E-state index in [1.807, 2.05) is 33.2 Å². The summed E-state index contributed by atoms with van der Waals surface area (Å²) in [4.78, 5) is 4.40. The molecule has 4 heteroatoms. The smallest absolute Gasteiger partial charge is 0.176 e. The molecule has 0 amide bonds. The van der Waals surface area contributed by atoms with Gasteiger partial charge in [-0.2, -0.15) is 0 Å². The van der Waals surface area contributed by atoms with Gasteiger partial charge >= 0.3 is 0 Å². The molecule has 1 heterocycles. The second-order valence-corrected chi connectivity index (χ2v) is 4.50. The Labute approximate surface area is 120 Å². The highest BCUT2D eigenvalue weighted by atomic mass is 16.7. The number of hydrogen-bond acceptors (Lipinski definition) is 4. The highest BCUT2D eigenvalue weighted by Gasteiger charge is 2.22. The Balaban J connectivity index is 2.31. The largest absolute Gasteiger partial charge is 0.351 e. The van der Waals surface area contributed by atoms with E-state index in [9.17, 15) is 0 Å². The summed E-state index contributed by atoms with van der Waals surface area (Å²) in [7, 11) is 1.92. The zero-order valence-electron chi connectivity index (χ0n) is 12.3. The lowest BCUT2D eigenvalue weighted by Gasteiger charge is -2.26. The molecule has 1 aromatic carbocycles. The average molecular weight is 274 g/mol. The molecule has 2 aromatic rings. The number of nitrogens with one attached hydrogen (secondary N) is 1. The fraction of sp³-hybridized carbons (Fsp3) is 0.438. The monoisotopic (exact) mass is 274 g/mol. The zero-order chi connectivity index (χ0) is 14.4. The Bertz CT molecular complexity index is 539. The summed E-state index contributed by atoms with van der Waals surface area (Å²) in [5, 5.41) is 4.41. The number of likely N-dealkylation sites (N-methyl/N-ethyl adjacent to an activating group) is 1. The van der Waals surface area contributed by atoms with E-state index in [0.29, 0.717) is 13.2 Å². The van der Waals surface area contributed by atoms with Crippen molar-refractivity contribution in [3.8, 4) is 0 Å². The molecular weight excluding hydrogens is 252 g/mol. The fourth-order valence-electron chi connectivity index (χ4n) is 2.31. The summed E-state index contributed by atoms with van der Waals surface area (Å²) in [5.74, 6) is 0. The lowest BCUT2D eigenvalue weighted by molar-refractivity contribution is -0.154. The zero-order valence-corrected chi connectivity index (χ0v) is 12.3. The van der Waals surface area contributed by atoms with Crippen LogP contribution < -0.4 is 5.32 Å². The van der Waals surface area contributed by atoms with E-state index in [0.717, 1.165) is 16.5 Å². The number of rotatable bonds is 7. The van der Waals surface area contributed by atoms with Crippen LogP contribution in [0.1, 0.15) is 25.5 Å². The number of benzene rings is 1. The molecule has 0 bridgehead atoms. The first-order valence-corrected chi connectivity index (χ1v) is 7.05. The molecule has 1 atom stereocenters. The van der Waals surface area contributed by atoms with Gasteiger partial charge in [-0.25, -0.2) is 0 Å². The van der Waals surface area contributed by atoms with Crippen molar-refractivity contribution in [2.45, 2.75) is 26.2 Å². The minimum Gasteiger partial charge on any atom is -0.351 e. The Morgan fingerprint density at radius 3 is 2.55 bits per heavy atom. The molecule has 0 fully saturated rings. The summed E-state index contributed by atoms with van der Waals surface area (Å²) in [6.07, 6.45) is 1.51. The topological polar surface area (TPSA) is 43.4 Å². The molecule has 1 unspecified atom stereocenters. The van der Waals surface area contributed by atoms with Crippen molar-refractivity contribution in [3.63, 3.8) is 0 Å². The molecule has 0 saturated heterocycles. The van der Waals surface area contributed by atoms with Crippen LogP contribution in [0, 0.1) is 0 Å². The lowest BCUT2D eigenvalue weighted by atomic mass is 10.0. The molecule has 4 nitrogen and oxygen atoms in total. The van der Waals surface area contributed by atoms with Gasteiger partial charge in [0.2, 0.25) is 0 Å². The summed E-state index contributed by atoms with van der Waals surface area (Å²) in [5.41, 5.74) is 2.10. The standard InChI is InChI=1S/C16H22N2O2/c1-4-19-16(20-5-2)15(17-3)13-9-8-12-7-6-10-18-14(12)11-13/h6-11,15-17H,4-5H2,1-3H3. The Hall–Kier alpha value is -1.49. The average Bonchev–Trinajstić information content (AvgIpc) is 2.48. The van der Waals surface area contributed by atoms with Crippen LogP contribution in [-0.4, -0.2) is 31.5 Å². The van der Waals surface area contributed by atoms with Crippen LogP contribution in [0.25, 0.3) is 10.9 Å². The van der Waals surface area contributed by atoms with Gasteiger partial charge in [0.15, 0.2) is 6.29 Å². The van der Waals surface area contributed by atoms with Crippen molar-refractivity contribution < 1.29 is 9.47 Å². The van der Waals surface area contributed by atoms with Gasteiger partial charge in [-0.1, -0.05) is 18.2 Å². The van der Waals surface area contributed by atoms with Crippen molar-refractivity contribution in [3.05, 3.63) is 42.1 Å². The van der Waals surface area contributed by atoms with E-state index in [1.54, 1.807) is 0 Å². The van der Waals surface area contributed by atoms with Crippen molar-refractivity contribution in [1.82, 2.24) is 10.3 Å². The van der Waals surface area contributed by atoms with Crippen LogP contribution in [0.4, 0.5) is 0 Å². The Morgan fingerprint density at radius 1 is 1.15 bits per heavy atom. The van der Waals surface area contributed by atoms with Gasteiger partial charge in [-0.3, -0.25) is 4.98 Å². The highest BCUT2D eigenvalue weighted by Crippen LogP contribution is 2.23. The number of fused-ring (bicyclic) bond motifs is 1. The maximum atomic E-state index is 5.70. The molecule has 2 rings (SSSR count). The number of nitrogens with zero attached hydrogens (tertiary/aromatic N) is 1. The summed E-state index contributed by atoms with van der Waals surface area (Å²) < 4.78 is 11.4.